The van der Waals surface area contributed by atoms with Crippen molar-refractivity contribution in [3.63, 3.8) is 0 Å². The van der Waals surface area contributed by atoms with Gasteiger partial charge in [-0.1, -0.05) is 42.5 Å². The van der Waals surface area contributed by atoms with Gasteiger partial charge >= 0.3 is 0 Å². The number of ether oxygens (including phenoxy) is 1. The number of nitrogens with one attached hydrogen (secondary N) is 3. The third-order valence-electron chi connectivity index (χ3n) is 8.34. The first-order valence-electron chi connectivity index (χ1n) is 15.0. The molecule has 0 radical (unpaired) electrons. The first kappa shape index (κ1) is 31.6. The third kappa shape index (κ3) is 6.10. The normalized spacial score (nSPS) is 12.3. The molecule has 0 saturated carbocycles. The molecule has 47 heavy (non-hydrogen) atoms. The second kappa shape index (κ2) is 12.8. The summed E-state index contributed by atoms with van der Waals surface area (Å²) in [6.07, 6.45) is 0.282. The number of amides is 1. The van der Waals surface area contributed by atoms with Gasteiger partial charge in [-0.15, -0.1) is 0 Å². The summed E-state index contributed by atoms with van der Waals surface area (Å²) >= 11 is 0. The van der Waals surface area contributed by atoms with E-state index < -0.39 is 15.9 Å². The second-order valence-corrected chi connectivity index (χ2v) is 13.0. The van der Waals surface area contributed by atoms with Gasteiger partial charge in [-0.3, -0.25) is 9.59 Å². The number of fused-ring (bicyclic) bond motifs is 2. The van der Waals surface area contributed by atoms with Gasteiger partial charge in [-0.05, 0) is 72.1 Å². The number of methoxy groups -OCH3 is 1. The van der Waals surface area contributed by atoms with Crippen LogP contribution < -0.4 is 20.3 Å². The van der Waals surface area contributed by atoms with Gasteiger partial charge in [-0.2, -0.15) is 0 Å². The van der Waals surface area contributed by atoms with E-state index in [9.17, 15) is 23.1 Å². The van der Waals surface area contributed by atoms with Crippen LogP contribution in [0.2, 0.25) is 0 Å². The fourth-order valence-electron chi connectivity index (χ4n) is 6.09. The molecule has 6 aromatic rings. The van der Waals surface area contributed by atoms with Crippen LogP contribution in [0.15, 0.2) is 107 Å². The minimum Gasteiger partial charge on any atom is -0.507 e. The third-order valence-corrected chi connectivity index (χ3v) is 9.81. The number of aromatic amines is 1. The second-order valence-electron chi connectivity index (χ2n) is 11.3. The monoisotopic (exact) mass is 650 g/mol. The Balaban J connectivity index is 1.45. The molecular formula is C36H34N4O6S. The molecule has 4 aromatic carbocycles. The number of hydrogen-bond acceptors (Lipinski definition) is 6. The van der Waals surface area contributed by atoms with Crippen molar-refractivity contribution in [1.29, 1.82) is 0 Å². The molecule has 10 nitrogen and oxygen atoms in total. The maximum atomic E-state index is 14.1. The van der Waals surface area contributed by atoms with Gasteiger partial charge in [-0.25, -0.2) is 13.1 Å². The predicted molar refractivity (Wildman–Crippen MR) is 183 cm³/mol. The van der Waals surface area contributed by atoms with Crippen molar-refractivity contribution in [3.8, 4) is 11.5 Å². The van der Waals surface area contributed by atoms with Gasteiger partial charge in [0, 0.05) is 48.2 Å². The number of carbonyl (C=O) groups is 1. The molecule has 0 aliphatic carbocycles. The highest BCUT2D eigenvalue weighted by Gasteiger charge is 2.30. The summed E-state index contributed by atoms with van der Waals surface area (Å²) in [5.74, 6) is -0.460. The quantitative estimate of drug-likeness (QED) is 0.157. The lowest BCUT2D eigenvalue weighted by Gasteiger charge is -2.22. The largest absolute Gasteiger partial charge is 0.507 e. The molecule has 0 bridgehead atoms. The highest BCUT2D eigenvalue weighted by molar-refractivity contribution is 7.89. The van der Waals surface area contributed by atoms with Crippen molar-refractivity contribution in [2.75, 3.05) is 19.0 Å². The lowest BCUT2D eigenvalue weighted by Crippen LogP contribution is -2.27. The molecule has 11 heteroatoms. The number of rotatable bonds is 10. The average molecular weight is 651 g/mol. The molecule has 0 saturated heterocycles. The van der Waals surface area contributed by atoms with E-state index in [-0.39, 0.29) is 40.6 Å². The van der Waals surface area contributed by atoms with E-state index in [0.29, 0.717) is 28.0 Å². The van der Waals surface area contributed by atoms with E-state index in [1.54, 1.807) is 38.4 Å². The van der Waals surface area contributed by atoms with Gasteiger partial charge in [0.15, 0.2) is 0 Å². The van der Waals surface area contributed by atoms with Crippen molar-refractivity contribution < 1.29 is 23.1 Å². The van der Waals surface area contributed by atoms with Crippen LogP contribution in [-0.4, -0.2) is 42.6 Å². The molecule has 2 heterocycles. The zero-order valence-corrected chi connectivity index (χ0v) is 26.9. The Labute approximate surface area is 271 Å². The molecule has 4 N–H and O–H groups in total. The number of pyridine rings is 1. The number of para-hydroxylation sites is 2. The molecule has 0 aliphatic rings. The smallest absolute Gasteiger partial charge is 0.258 e. The van der Waals surface area contributed by atoms with Crippen molar-refractivity contribution in [3.05, 3.63) is 130 Å². The summed E-state index contributed by atoms with van der Waals surface area (Å²) in [4.78, 5) is 29.0. The molecular weight excluding hydrogens is 616 g/mol. The highest BCUT2D eigenvalue weighted by atomic mass is 32.2. The van der Waals surface area contributed by atoms with Crippen LogP contribution in [0.3, 0.4) is 0 Å². The standard InChI is InChI=1S/C36H34N4O6S/c1-22(41)38-24-14-18-26(19-15-24)47(44,45)37-21-20-28-27-8-4-6-10-30(27)39-34(28)32(23-12-16-25(46-3)17-13-23)33-35(42)29-9-5-7-11-31(29)40(2)36(33)43/h4-19,32,37,39,42H,20-21H2,1-3H3,(H,38,41). The summed E-state index contributed by atoms with van der Waals surface area (Å²) in [7, 11) is -0.623. The Bertz CT molecular complexity index is 2270. The van der Waals surface area contributed by atoms with Crippen molar-refractivity contribution in [2.45, 2.75) is 24.2 Å². The fourth-order valence-corrected chi connectivity index (χ4v) is 7.12. The lowest BCUT2D eigenvalue weighted by atomic mass is 9.85. The maximum Gasteiger partial charge on any atom is 0.258 e. The summed E-state index contributed by atoms with van der Waals surface area (Å²) in [6.45, 7) is 1.44. The van der Waals surface area contributed by atoms with Crippen LogP contribution in [0, 0.1) is 0 Å². The van der Waals surface area contributed by atoms with Crippen LogP contribution in [0.5, 0.6) is 11.5 Å². The minimum atomic E-state index is -3.88. The lowest BCUT2D eigenvalue weighted by molar-refractivity contribution is -0.114. The topological polar surface area (TPSA) is 143 Å². The van der Waals surface area contributed by atoms with Gasteiger partial charge in [0.2, 0.25) is 15.9 Å². The zero-order valence-electron chi connectivity index (χ0n) is 26.1. The van der Waals surface area contributed by atoms with Gasteiger partial charge < -0.3 is 24.7 Å². The number of anilines is 1. The number of nitrogens with zero attached hydrogens (tertiary/aromatic N) is 1. The molecule has 0 fully saturated rings. The van der Waals surface area contributed by atoms with E-state index in [1.807, 2.05) is 48.5 Å². The Morgan fingerprint density at radius 2 is 1.60 bits per heavy atom. The van der Waals surface area contributed by atoms with E-state index in [4.69, 9.17) is 4.74 Å². The first-order chi connectivity index (χ1) is 22.6. The van der Waals surface area contributed by atoms with E-state index in [1.165, 1.54) is 35.8 Å². The van der Waals surface area contributed by atoms with E-state index in [2.05, 4.69) is 15.0 Å². The number of aryl methyl sites for hydroxylation is 1. The highest BCUT2D eigenvalue weighted by Crippen LogP contribution is 2.41. The molecule has 0 spiro atoms. The number of hydrogen-bond donors (Lipinski definition) is 4. The molecule has 1 amide bonds. The van der Waals surface area contributed by atoms with Gasteiger partial charge in [0.25, 0.3) is 5.56 Å². The number of carbonyl (C=O) groups excluding carboxylic acids is 1. The predicted octanol–water partition coefficient (Wildman–Crippen LogP) is 5.39. The van der Waals surface area contributed by atoms with E-state index >= 15 is 0 Å². The summed E-state index contributed by atoms with van der Waals surface area (Å²) in [6, 6.07) is 28.1. The summed E-state index contributed by atoms with van der Waals surface area (Å²) < 4.78 is 36.1. The Hall–Kier alpha value is -5.39. The first-order valence-corrected chi connectivity index (χ1v) is 16.5. The number of sulfonamides is 1. The summed E-state index contributed by atoms with van der Waals surface area (Å²) in [5.41, 5.74) is 3.96. The van der Waals surface area contributed by atoms with Crippen LogP contribution in [0.4, 0.5) is 5.69 Å². The van der Waals surface area contributed by atoms with Gasteiger partial charge in [0.1, 0.15) is 11.5 Å². The number of aromatic nitrogens is 2. The molecule has 1 atom stereocenters. The van der Waals surface area contributed by atoms with Crippen LogP contribution in [-0.2, 0) is 28.3 Å². The van der Waals surface area contributed by atoms with Crippen LogP contribution >= 0.6 is 0 Å². The zero-order chi connectivity index (χ0) is 33.3. The van der Waals surface area contributed by atoms with E-state index in [0.717, 1.165) is 22.0 Å². The molecule has 6 rings (SSSR count). The molecule has 2 aromatic heterocycles. The van der Waals surface area contributed by atoms with Crippen LogP contribution in [0.25, 0.3) is 21.8 Å². The molecule has 240 valence electrons. The number of benzene rings is 4. The number of H-pyrrole nitrogens is 1. The van der Waals surface area contributed by atoms with Gasteiger partial charge in [0.05, 0.1) is 29.0 Å². The maximum absolute atomic E-state index is 14.1. The molecule has 1 unspecified atom stereocenters. The van der Waals surface area contributed by atoms with Crippen molar-refractivity contribution in [2.24, 2.45) is 7.05 Å². The number of aromatic hydroxyl groups is 1. The summed E-state index contributed by atoms with van der Waals surface area (Å²) in [5, 5.41) is 15.8. The Morgan fingerprint density at radius 3 is 2.28 bits per heavy atom. The van der Waals surface area contributed by atoms with Crippen molar-refractivity contribution in [1.82, 2.24) is 14.3 Å². The Morgan fingerprint density at radius 1 is 0.936 bits per heavy atom. The SMILES string of the molecule is COc1ccc(C(c2[nH]c3ccccc3c2CCNS(=O)(=O)c2ccc(NC(C)=O)cc2)c2c(O)c3ccccc3n(C)c2=O)cc1. The fraction of sp³-hybridized carbons (Fsp3) is 0.167. The van der Waals surface area contributed by atoms with Crippen molar-refractivity contribution >= 4 is 43.4 Å². The average Bonchev–Trinajstić information content (AvgIpc) is 3.43. The van der Waals surface area contributed by atoms with Crippen LogP contribution in [0.1, 0.15) is 35.2 Å². The molecule has 0 aliphatic heterocycles. The minimum absolute atomic E-state index is 0.0572. The Kier molecular flexibility index (Phi) is 8.59.